The molecule has 6 nitrogen and oxygen atoms in total. The van der Waals surface area contributed by atoms with E-state index in [0.717, 1.165) is 69.5 Å². The van der Waals surface area contributed by atoms with Gasteiger partial charge in [0.2, 0.25) is 0 Å². The lowest BCUT2D eigenvalue weighted by Crippen LogP contribution is -2.58. The van der Waals surface area contributed by atoms with Gasteiger partial charge in [-0.05, 0) is 98.5 Å². The van der Waals surface area contributed by atoms with Gasteiger partial charge in [-0.2, -0.15) is 0 Å². The van der Waals surface area contributed by atoms with Gasteiger partial charge in [-0.25, -0.2) is 9.37 Å². The second-order valence-corrected chi connectivity index (χ2v) is 13.2. The maximum atomic E-state index is 14.3. The van der Waals surface area contributed by atoms with Crippen molar-refractivity contribution in [1.29, 1.82) is 0 Å². The van der Waals surface area contributed by atoms with Crippen molar-refractivity contribution < 1.29 is 14.3 Å². The summed E-state index contributed by atoms with van der Waals surface area (Å²) in [7, 11) is 0. The predicted molar refractivity (Wildman–Crippen MR) is 167 cm³/mol. The number of likely N-dealkylation sites (tertiary alicyclic amines) is 2. The fourth-order valence-electron chi connectivity index (χ4n) is 7.93. The lowest BCUT2D eigenvalue weighted by Gasteiger charge is -2.45. The van der Waals surface area contributed by atoms with Crippen LogP contribution in [-0.2, 0) is 4.79 Å². The molecule has 2 aromatic heterocycles. The predicted octanol–water partition coefficient (Wildman–Crippen LogP) is 6.68. The zero-order chi connectivity index (χ0) is 29.6. The summed E-state index contributed by atoms with van der Waals surface area (Å²) in [5, 5.41) is 10.4. The summed E-state index contributed by atoms with van der Waals surface area (Å²) >= 11 is 0. The van der Waals surface area contributed by atoms with Crippen LogP contribution in [0.5, 0.6) is 0 Å². The average molecular weight is 581 g/mol. The van der Waals surface area contributed by atoms with E-state index >= 15 is 0 Å². The number of fused-ring (bicyclic) bond motifs is 1. The largest absolute Gasteiger partial charge is 0.480 e. The molecule has 4 aromatic rings. The van der Waals surface area contributed by atoms with E-state index in [2.05, 4.69) is 56.8 Å². The van der Waals surface area contributed by atoms with Crippen molar-refractivity contribution in [2.45, 2.75) is 56.4 Å². The lowest BCUT2D eigenvalue weighted by molar-refractivity contribution is -0.156. The summed E-state index contributed by atoms with van der Waals surface area (Å²) < 4.78 is 16.6. The molecule has 224 valence electrons. The molecule has 2 aliphatic heterocycles. The molecule has 43 heavy (non-hydrogen) atoms. The van der Waals surface area contributed by atoms with Gasteiger partial charge in [-0.15, -0.1) is 0 Å². The summed E-state index contributed by atoms with van der Waals surface area (Å²) in [6.45, 7) is 6.19. The number of rotatable bonds is 8. The van der Waals surface area contributed by atoms with Crippen molar-refractivity contribution in [3.8, 4) is 11.1 Å². The van der Waals surface area contributed by atoms with E-state index in [-0.39, 0.29) is 23.6 Å². The van der Waals surface area contributed by atoms with Gasteiger partial charge in [-0.1, -0.05) is 48.9 Å². The normalized spacial score (nSPS) is 23.8. The van der Waals surface area contributed by atoms with Gasteiger partial charge >= 0.3 is 5.97 Å². The first-order chi connectivity index (χ1) is 20.9. The number of benzene rings is 2. The first kappa shape index (κ1) is 28.2. The highest BCUT2D eigenvalue weighted by atomic mass is 19.1. The minimum Gasteiger partial charge on any atom is -0.480 e. The number of halogens is 1. The zero-order valence-corrected chi connectivity index (χ0v) is 24.9. The van der Waals surface area contributed by atoms with Crippen LogP contribution in [0.3, 0.4) is 0 Å². The van der Waals surface area contributed by atoms with Gasteiger partial charge in [0, 0.05) is 49.6 Å². The van der Waals surface area contributed by atoms with Crippen molar-refractivity contribution in [2.24, 2.45) is 11.8 Å². The van der Waals surface area contributed by atoms with E-state index in [1.54, 1.807) is 12.1 Å². The molecule has 0 spiro atoms. The Kier molecular flexibility index (Phi) is 7.56. The van der Waals surface area contributed by atoms with Gasteiger partial charge in [-0.3, -0.25) is 9.69 Å². The van der Waals surface area contributed by atoms with Crippen LogP contribution >= 0.6 is 0 Å². The molecule has 0 radical (unpaired) electrons. The Bertz CT molecular complexity index is 1590. The topological polar surface area (TPSA) is 61.1 Å². The van der Waals surface area contributed by atoms with Crippen LogP contribution in [0.4, 0.5) is 4.39 Å². The van der Waals surface area contributed by atoms with Crippen LogP contribution in [0, 0.1) is 17.7 Å². The molecule has 0 unspecified atom stereocenters. The Morgan fingerprint density at radius 2 is 1.77 bits per heavy atom. The first-order valence-corrected chi connectivity index (χ1v) is 15.9. The minimum absolute atomic E-state index is 0.113. The summed E-state index contributed by atoms with van der Waals surface area (Å²) in [4.78, 5) is 22.1. The Labute approximate surface area is 253 Å². The van der Waals surface area contributed by atoms with Crippen LogP contribution in [0.15, 0.2) is 79.1 Å². The van der Waals surface area contributed by atoms with Crippen LogP contribution in [-0.4, -0.2) is 68.5 Å². The number of hydrogen-bond acceptors (Lipinski definition) is 4. The van der Waals surface area contributed by atoms with Gasteiger partial charge < -0.3 is 14.4 Å². The maximum Gasteiger partial charge on any atom is 0.324 e. The summed E-state index contributed by atoms with van der Waals surface area (Å²) in [6.07, 6.45) is 9.42. The highest BCUT2D eigenvalue weighted by Gasteiger charge is 2.52. The molecule has 1 saturated carbocycles. The number of piperidine rings is 1. The van der Waals surface area contributed by atoms with Crippen molar-refractivity contribution >= 4 is 11.6 Å². The number of pyridine rings is 1. The SMILES string of the molecule is C[C@](C(=O)O)(C1CCC1)N1C[C@H](CN2CCC(c3cnc4ccc(-c5ccccc5)cn34)CC2)[C@@H](c2cccc(F)c2)C1. The van der Waals surface area contributed by atoms with E-state index < -0.39 is 11.5 Å². The number of carboxylic acids is 1. The van der Waals surface area contributed by atoms with Crippen LogP contribution in [0.25, 0.3) is 16.8 Å². The Hall–Kier alpha value is -3.55. The fourth-order valence-corrected chi connectivity index (χ4v) is 7.93. The van der Waals surface area contributed by atoms with E-state index in [1.807, 2.05) is 25.3 Å². The molecule has 1 aliphatic carbocycles. The molecule has 7 heteroatoms. The third-order valence-electron chi connectivity index (χ3n) is 10.8. The summed E-state index contributed by atoms with van der Waals surface area (Å²) in [5.74, 6) is 0.0357. The van der Waals surface area contributed by atoms with Crippen LogP contribution < -0.4 is 0 Å². The Morgan fingerprint density at radius 1 is 0.977 bits per heavy atom. The number of imidazole rings is 1. The maximum absolute atomic E-state index is 14.3. The van der Waals surface area contributed by atoms with Crippen LogP contribution in [0.2, 0.25) is 0 Å². The smallest absolute Gasteiger partial charge is 0.324 e. The molecule has 3 atom stereocenters. The molecule has 0 amide bonds. The lowest BCUT2D eigenvalue weighted by atomic mass is 9.70. The van der Waals surface area contributed by atoms with Gasteiger partial charge in [0.05, 0.1) is 0 Å². The second kappa shape index (κ2) is 11.5. The third kappa shape index (κ3) is 5.27. The van der Waals surface area contributed by atoms with Gasteiger partial charge in [0.15, 0.2) is 0 Å². The van der Waals surface area contributed by atoms with Crippen molar-refractivity contribution in [2.75, 3.05) is 32.7 Å². The standard InChI is InChI=1S/C36H41FN4O2/c1-36(35(42)43,30-10-6-11-30)40-22-29(32(24-40)27-9-5-12-31(37)19-27)21-39-17-15-26(16-18-39)33-20-38-34-14-13-28(23-41(33)34)25-7-3-2-4-8-25/h2-5,7-9,12-14,19-20,23,26,29-30,32H,6,10-11,15-18,21-22,24H2,1H3,(H,42,43)/t29-,32+,36+/m0/s1. The number of hydrogen-bond donors (Lipinski definition) is 1. The molecule has 3 aliphatic rings. The number of nitrogens with zero attached hydrogens (tertiary/aromatic N) is 4. The van der Waals surface area contributed by atoms with Crippen molar-refractivity contribution in [3.63, 3.8) is 0 Å². The van der Waals surface area contributed by atoms with E-state index in [4.69, 9.17) is 4.98 Å². The third-order valence-corrected chi connectivity index (χ3v) is 10.8. The molecule has 2 aromatic carbocycles. The Balaban J connectivity index is 1.07. The van der Waals surface area contributed by atoms with Crippen molar-refractivity contribution in [1.82, 2.24) is 19.2 Å². The van der Waals surface area contributed by atoms with E-state index in [1.165, 1.54) is 22.9 Å². The van der Waals surface area contributed by atoms with Gasteiger partial charge in [0.1, 0.15) is 17.0 Å². The molecule has 3 fully saturated rings. The van der Waals surface area contributed by atoms with Gasteiger partial charge in [0.25, 0.3) is 0 Å². The Morgan fingerprint density at radius 3 is 2.47 bits per heavy atom. The van der Waals surface area contributed by atoms with E-state index in [9.17, 15) is 14.3 Å². The fraction of sp³-hybridized carbons (Fsp3) is 0.444. The average Bonchev–Trinajstić information content (AvgIpc) is 3.61. The number of aliphatic carboxylic acids is 1. The zero-order valence-electron chi connectivity index (χ0n) is 24.9. The first-order valence-electron chi connectivity index (χ1n) is 15.9. The molecular weight excluding hydrogens is 539 g/mol. The second-order valence-electron chi connectivity index (χ2n) is 13.2. The highest BCUT2D eigenvalue weighted by Crippen LogP contribution is 2.45. The minimum atomic E-state index is -0.868. The molecule has 4 heterocycles. The number of carboxylic acid groups (broad SMARTS) is 1. The summed E-state index contributed by atoms with van der Waals surface area (Å²) in [6, 6.07) is 21.7. The molecule has 7 rings (SSSR count). The highest BCUT2D eigenvalue weighted by molar-refractivity contribution is 5.79. The monoisotopic (exact) mass is 580 g/mol. The molecule has 1 N–H and O–H groups in total. The summed E-state index contributed by atoms with van der Waals surface area (Å²) in [5.41, 5.74) is 4.77. The van der Waals surface area contributed by atoms with E-state index in [0.29, 0.717) is 12.5 Å². The van der Waals surface area contributed by atoms with Crippen LogP contribution in [0.1, 0.15) is 62.1 Å². The number of carbonyl (C=O) groups is 1. The molecule has 2 saturated heterocycles. The van der Waals surface area contributed by atoms with Crippen molar-refractivity contribution in [3.05, 3.63) is 96.2 Å². The molecule has 0 bridgehead atoms. The molecular formula is C36H41FN4O2. The quantitative estimate of drug-likeness (QED) is 0.252. The number of aromatic nitrogens is 2.